The molecule has 18 heavy (non-hydrogen) atoms. The number of ketones is 1. The molecular formula is C14H10Br2O2. The first-order valence-corrected chi connectivity index (χ1v) is 6.91. The van der Waals surface area contributed by atoms with Gasteiger partial charge in [0.1, 0.15) is 5.75 Å². The highest BCUT2D eigenvalue weighted by atomic mass is 79.9. The number of carbonyl (C=O) groups is 1. The van der Waals surface area contributed by atoms with Crippen LogP contribution >= 0.6 is 31.9 Å². The summed E-state index contributed by atoms with van der Waals surface area (Å²) in [7, 11) is 0. The van der Waals surface area contributed by atoms with Crippen molar-refractivity contribution < 1.29 is 9.90 Å². The molecule has 0 atom stereocenters. The molecule has 0 aliphatic heterocycles. The molecule has 1 N–H and O–H groups in total. The Balaban J connectivity index is 2.19. The molecule has 0 spiro atoms. The predicted molar refractivity (Wildman–Crippen MR) is 78.0 cm³/mol. The SMILES string of the molecule is O=C(Cc1ccc(Br)cc1)c1ccc(Br)cc1O. The highest BCUT2D eigenvalue weighted by Gasteiger charge is 2.11. The summed E-state index contributed by atoms with van der Waals surface area (Å²) in [6.45, 7) is 0. The van der Waals surface area contributed by atoms with Gasteiger partial charge >= 0.3 is 0 Å². The molecule has 2 nitrogen and oxygen atoms in total. The number of Topliss-reactive ketones (excluding diaryl/α,β-unsaturated/α-hetero) is 1. The van der Waals surface area contributed by atoms with Crippen LogP contribution in [0.3, 0.4) is 0 Å². The number of phenols is 1. The zero-order valence-electron chi connectivity index (χ0n) is 9.36. The Morgan fingerprint density at radius 1 is 1.00 bits per heavy atom. The van der Waals surface area contributed by atoms with Crippen molar-refractivity contribution >= 4 is 37.6 Å². The van der Waals surface area contributed by atoms with Gasteiger partial charge in [0, 0.05) is 15.4 Å². The summed E-state index contributed by atoms with van der Waals surface area (Å²) in [6.07, 6.45) is 0.280. The zero-order chi connectivity index (χ0) is 13.1. The average molecular weight is 370 g/mol. The Bertz CT molecular complexity index is 577. The van der Waals surface area contributed by atoms with Crippen LogP contribution in [0.25, 0.3) is 0 Å². The van der Waals surface area contributed by atoms with Crippen molar-refractivity contribution in [2.45, 2.75) is 6.42 Å². The topological polar surface area (TPSA) is 37.3 Å². The smallest absolute Gasteiger partial charge is 0.170 e. The highest BCUT2D eigenvalue weighted by Crippen LogP contribution is 2.24. The number of hydrogen-bond acceptors (Lipinski definition) is 2. The van der Waals surface area contributed by atoms with E-state index < -0.39 is 0 Å². The predicted octanol–water partition coefficient (Wildman–Crippen LogP) is 4.34. The number of benzene rings is 2. The number of halogens is 2. The molecule has 2 aromatic carbocycles. The zero-order valence-corrected chi connectivity index (χ0v) is 12.5. The second-order valence-corrected chi connectivity index (χ2v) is 5.72. The first kappa shape index (κ1) is 13.3. The fraction of sp³-hybridized carbons (Fsp3) is 0.0714. The summed E-state index contributed by atoms with van der Waals surface area (Å²) >= 11 is 6.59. The van der Waals surface area contributed by atoms with Crippen molar-refractivity contribution in [1.29, 1.82) is 0 Å². The fourth-order valence-corrected chi connectivity index (χ4v) is 2.24. The minimum atomic E-state index is -0.0951. The van der Waals surface area contributed by atoms with Crippen LogP contribution in [0.2, 0.25) is 0 Å². The minimum Gasteiger partial charge on any atom is -0.507 e. The molecule has 0 saturated heterocycles. The van der Waals surface area contributed by atoms with Crippen LogP contribution in [0.5, 0.6) is 5.75 Å². The summed E-state index contributed by atoms with van der Waals surface area (Å²) in [6, 6.07) is 12.5. The second-order valence-electron chi connectivity index (χ2n) is 3.89. The third-order valence-corrected chi connectivity index (χ3v) is 3.56. The minimum absolute atomic E-state index is 0.00601. The van der Waals surface area contributed by atoms with Gasteiger partial charge in [0.05, 0.1) is 5.56 Å². The molecule has 0 saturated carbocycles. The van der Waals surface area contributed by atoms with Crippen molar-refractivity contribution in [3.8, 4) is 5.75 Å². The van der Waals surface area contributed by atoms with Gasteiger partial charge in [-0.05, 0) is 35.9 Å². The third kappa shape index (κ3) is 3.21. The Morgan fingerprint density at radius 2 is 1.61 bits per heavy atom. The molecule has 2 rings (SSSR count). The maximum Gasteiger partial charge on any atom is 0.170 e. The van der Waals surface area contributed by atoms with Gasteiger partial charge in [-0.2, -0.15) is 0 Å². The number of hydrogen-bond donors (Lipinski definition) is 1. The van der Waals surface area contributed by atoms with Gasteiger partial charge in [-0.1, -0.05) is 44.0 Å². The lowest BCUT2D eigenvalue weighted by atomic mass is 10.0. The maximum absolute atomic E-state index is 12.0. The van der Waals surface area contributed by atoms with E-state index in [1.165, 1.54) is 6.07 Å². The van der Waals surface area contributed by atoms with Crippen molar-refractivity contribution in [2.75, 3.05) is 0 Å². The van der Waals surface area contributed by atoms with E-state index in [-0.39, 0.29) is 18.0 Å². The Kier molecular flexibility index (Phi) is 4.19. The van der Waals surface area contributed by atoms with Crippen LogP contribution in [0.4, 0.5) is 0 Å². The monoisotopic (exact) mass is 368 g/mol. The fourth-order valence-electron chi connectivity index (χ4n) is 1.62. The van der Waals surface area contributed by atoms with E-state index in [0.717, 1.165) is 14.5 Å². The molecule has 0 aromatic heterocycles. The number of phenolic OH excluding ortho intramolecular Hbond substituents is 1. The van der Waals surface area contributed by atoms with E-state index in [4.69, 9.17) is 0 Å². The Hall–Kier alpha value is -1.13. The molecule has 0 radical (unpaired) electrons. The molecule has 0 amide bonds. The van der Waals surface area contributed by atoms with Crippen LogP contribution in [-0.4, -0.2) is 10.9 Å². The van der Waals surface area contributed by atoms with E-state index in [0.29, 0.717) is 5.56 Å². The maximum atomic E-state index is 12.0. The first-order valence-electron chi connectivity index (χ1n) is 5.32. The van der Waals surface area contributed by atoms with E-state index in [1.54, 1.807) is 12.1 Å². The number of carbonyl (C=O) groups excluding carboxylic acids is 1. The van der Waals surface area contributed by atoms with Crippen LogP contribution < -0.4 is 0 Å². The van der Waals surface area contributed by atoms with Crippen LogP contribution in [0, 0.1) is 0 Å². The molecular weight excluding hydrogens is 360 g/mol. The van der Waals surface area contributed by atoms with E-state index in [1.807, 2.05) is 24.3 Å². The van der Waals surface area contributed by atoms with Gasteiger partial charge in [0.2, 0.25) is 0 Å². The largest absolute Gasteiger partial charge is 0.507 e. The quantitative estimate of drug-likeness (QED) is 0.817. The lowest BCUT2D eigenvalue weighted by molar-refractivity contribution is 0.0990. The van der Waals surface area contributed by atoms with Crippen molar-refractivity contribution in [1.82, 2.24) is 0 Å². The van der Waals surface area contributed by atoms with E-state index in [2.05, 4.69) is 31.9 Å². The molecule has 0 fully saturated rings. The van der Waals surface area contributed by atoms with Gasteiger partial charge in [-0.15, -0.1) is 0 Å². The van der Waals surface area contributed by atoms with E-state index in [9.17, 15) is 9.90 Å². The normalized spacial score (nSPS) is 10.3. The van der Waals surface area contributed by atoms with Crippen LogP contribution in [0.15, 0.2) is 51.4 Å². The Labute approximate surface area is 122 Å². The van der Waals surface area contributed by atoms with Gasteiger partial charge < -0.3 is 5.11 Å². The van der Waals surface area contributed by atoms with Crippen LogP contribution in [-0.2, 0) is 6.42 Å². The summed E-state index contributed by atoms with van der Waals surface area (Å²) in [5, 5.41) is 9.73. The molecule has 0 aliphatic carbocycles. The van der Waals surface area contributed by atoms with Crippen molar-refractivity contribution in [3.05, 3.63) is 62.5 Å². The van der Waals surface area contributed by atoms with E-state index >= 15 is 0 Å². The van der Waals surface area contributed by atoms with Crippen molar-refractivity contribution in [2.24, 2.45) is 0 Å². The Morgan fingerprint density at radius 3 is 2.22 bits per heavy atom. The molecule has 4 heteroatoms. The molecule has 92 valence electrons. The summed E-state index contributed by atoms with van der Waals surface area (Å²) < 4.78 is 1.73. The third-order valence-electron chi connectivity index (χ3n) is 2.54. The highest BCUT2D eigenvalue weighted by molar-refractivity contribution is 9.10. The van der Waals surface area contributed by atoms with Gasteiger partial charge in [-0.25, -0.2) is 0 Å². The standard InChI is InChI=1S/C14H10Br2O2/c15-10-3-1-9(2-4-10)7-13(17)12-6-5-11(16)8-14(12)18/h1-6,8,18H,7H2. The van der Waals surface area contributed by atoms with Gasteiger partial charge in [0.25, 0.3) is 0 Å². The first-order chi connectivity index (χ1) is 8.56. The summed E-state index contributed by atoms with van der Waals surface area (Å²) in [5.74, 6) is -0.0891. The summed E-state index contributed by atoms with van der Waals surface area (Å²) in [4.78, 5) is 12.0. The lowest BCUT2D eigenvalue weighted by Gasteiger charge is -2.04. The molecule has 0 aliphatic rings. The molecule has 0 bridgehead atoms. The average Bonchev–Trinajstić information content (AvgIpc) is 2.32. The van der Waals surface area contributed by atoms with Gasteiger partial charge in [-0.3, -0.25) is 4.79 Å². The molecule has 0 heterocycles. The lowest BCUT2D eigenvalue weighted by Crippen LogP contribution is -2.03. The molecule has 0 unspecified atom stereocenters. The molecule has 2 aromatic rings. The van der Waals surface area contributed by atoms with Gasteiger partial charge in [0.15, 0.2) is 5.78 Å². The van der Waals surface area contributed by atoms with Crippen molar-refractivity contribution in [3.63, 3.8) is 0 Å². The summed E-state index contributed by atoms with van der Waals surface area (Å²) in [5.41, 5.74) is 1.27. The number of aromatic hydroxyl groups is 1. The number of rotatable bonds is 3. The van der Waals surface area contributed by atoms with Crippen LogP contribution in [0.1, 0.15) is 15.9 Å². The second kappa shape index (κ2) is 5.67.